The maximum atomic E-state index is 11.4. The summed E-state index contributed by atoms with van der Waals surface area (Å²) in [6.07, 6.45) is 1.86. The first-order valence-corrected chi connectivity index (χ1v) is 5.15. The van der Waals surface area contributed by atoms with Crippen LogP contribution in [-0.4, -0.2) is 24.1 Å². The van der Waals surface area contributed by atoms with Gasteiger partial charge in [-0.3, -0.25) is 4.79 Å². The molecular formula is C11H16N4O. The molecule has 1 rings (SSSR count). The van der Waals surface area contributed by atoms with Crippen LogP contribution in [0.4, 0.5) is 0 Å². The van der Waals surface area contributed by atoms with E-state index in [1.807, 2.05) is 42.9 Å². The molecule has 86 valence electrons. The van der Waals surface area contributed by atoms with Gasteiger partial charge in [-0.1, -0.05) is 0 Å². The van der Waals surface area contributed by atoms with Crippen molar-refractivity contribution in [2.24, 2.45) is 0 Å². The number of hydrogen-bond acceptors (Lipinski definition) is 3. The van der Waals surface area contributed by atoms with Crippen molar-refractivity contribution in [1.82, 2.24) is 15.2 Å². The van der Waals surface area contributed by atoms with Crippen molar-refractivity contribution in [3.8, 4) is 6.07 Å². The second-order valence-electron chi connectivity index (χ2n) is 3.51. The molecule has 1 heterocycles. The zero-order valence-electron chi connectivity index (χ0n) is 9.53. The summed E-state index contributed by atoms with van der Waals surface area (Å²) in [5.74, 6) is -0.151. The number of nitrogens with one attached hydrogen (secondary N) is 2. The Bertz CT molecular complexity index is 391. The summed E-state index contributed by atoms with van der Waals surface area (Å²) in [4.78, 5) is 11.4. The van der Waals surface area contributed by atoms with Crippen molar-refractivity contribution in [3.05, 3.63) is 24.0 Å². The molecule has 16 heavy (non-hydrogen) atoms. The van der Waals surface area contributed by atoms with Crippen LogP contribution in [0.5, 0.6) is 0 Å². The highest BCUT2D eigenvalue weighted by molar-refractivity contribution is 5.76. The lowest BCUT2D eigenvalue weighted by Gasteiger charge is -2.14. The quantitative estimate of drug-likeness (QED) is 0.706. The van der Waals surface area contributed by atoms with E-state index in [1.54, 1.807) is 0 Å². The predicted molar refractivity (Wildman–Crippen MR) is 60.5 cm³/mol. The lowest BCUT2D eigenvalue weighted by Crippen LogP contribution is -2.29. The van der Waals surface area contributed by atoms with Crippen LogP contribution in [0.1, 0.15) is 18.7 Å². The molecule has 0 bridgehead atoms. The Morgan fingerprint density at radius 3 is 3.06 bits per heavy atom. The van der Waals surface area contributed by atoms with Crippen LogP contribution in [0, 0.1) is 11.3 Å². The second-order valence-corrected chi connectivity index (χ2v) is 3.51. The smallest absolute Gasteiger partial charge is 0.240 e. The third-order valence-corrected chi connectivity index (χ3v) is 2.42. The zero-order valence-corrected chi connectivity index (χ0v) is 9.53. The highest BCUT2D eigenvalue weighted by Gasteiger charge is 2.10. The van der Waals surface area contributed by atoms with Crippen molar-refractivity contribution in [1.29, 1.82) is 5.26 Å². The van der Waals surface area contributed by atoms with Gasteiger partial charge in [0.2, 0.25) is 5.91 Å². The standard InChI is InChI=1S/C11H16N4O/c1-9(13-2)10-4-3-7-15(10)8-11(16)14-6-5-12/h3-4,7,9,13H,6,8H2,1-2H3,(H,14,16). The van der Waals surface area contributed by atoms with Gasteiger partial charge in [0.1, 0.15) is 13.1 Å². The minimum atomic E-state index is -0.151. The minimum absolute atomic E-state index is 0.0526. The van der Waals surface area contributed by atoms with Crippen LogP contribution >= 0.6 is 0 Å². The van der Waals surface area contributed by atoms with E-state index in [2.05, 4.69) is 10.6 Å². The molecule has 0 aliphatic heterocycles. The molecule has 2 N–H and O–H groups in total. The van der Waals surface area contributed by atoms with E-state index in [0.29, 0.717) is 0 Å². The van der Waals surface area contributed by atoms with E-state index in [1.165, 1.54) is 0 Å². The number of carbonyl (C=O) groups excluding carboxylic acids is 1. The van der Waals surface area contributed by atoms with Gasteiger partial charge in [0.05, 0.1) is 6.07 Å². The van der Waals surface area contributed by atoms with Gasteiger partial charge in [0.15, 0.2) is 0 Å². The molecule has 5 heteroatoms. The molecule has 5 nitrogen and oxygen atoms in total. The van der Waals surface area contributed by atoms with E-state index in [9.17, 15) is 4.79 Å². The summed E-state index contributed by atoms with van der Waals surface area (Å²) >= 11 is 0. The highest BCUT2D eigenvalue weighted by atomic mass is 16.1. The van der Waals surface area contributed by atoms with Gasteiger partial charge in [-0.05, 0) is 26.1 Å². The Balaban J connectivity index is 2.64. The zero-order chi connectivity index (χ0) is 12.0. The number of hydrogen-bond donors (Lipinski definition) is 2. The van der Waals surface area contributed by atoms with Crippen LogP contribution in [0.25, 0.3) is 0 Å². The van der Waals surface area contributed by atoms with Crippen LogP contribution in [0.2, 0.25) is 0 Å². The van der Waals surface area contributed by atoms with Gasteiger partial charge in [-0.15, -0.1) is 0 Å². The summed E-state index contributed by atoms with van der Waals surface area (Å²) in [5.41, 5.74) is 1.05. The van der Waals surface area contributed by atoms with Gasteiger partial charge >= 0.3 is 0 Å². The molecule has 0 aliphatic carbocycles. The Kier molecular flexibility index (Phi) is 4.55. The molecule has 0 spiro atoms. The maximum Gasteiger partial charge on any atom is 0.240 e. The molecule has 1 unspecified atom stereocenters. The molecule has 0 radical (unpaired) electrons. The Morgan fingerprint density at radius 1 is 1.69 bits per heavy atom. The molecule has 0 aliphatic rings. The van der Waals surface area contributed by atoms with Gasteiger partial charge in [0, 0.05) is 17.9 Å². The van der Waals surface area contributed by atoms with Crippen LogP contribution in [0.15, 0.2) is 18.3 Å². The molecule has 0 fully saturated rings. The molecule has 1 aromatic rings. The summed E-state index contributed by atoms with van der Waals surface area (Å²) in [6.45, 7) is 2.33. The van der Waals surface area contributed by atoms with Gasteiger partial charge in [0.25, 0.3) is 0 Å². The predicted octanol–water partition coefficient (Wildman–Crippen LogP) is 0.408. The van der Waals surface area contributed by atoms with E-state index < -0.39 is 0 Å². The highest BCUT2D eigenvalue weighted by Crippen LogP contribution is 2.12. The third kappa shape index (κ3) is 3.11. The molecule has 1 atom stereocenters. The van der Waals surface area contributed by atoms with E-state index in [4.69, 9.17) is 5.26 Å². The third-order valence-electron chi connectivity index (χ3n) is 2.42. The van der Waals surface area contributed by atoms with Crippen molar-refractivity contribution in [3.63, 3.8) is 0 Å². The topological polar surface area (TPSA) is 69.8 Å². The van der Waals surface area contributed by atoms with Crippen LogP contribution in [0.3, 0.4) is 0 Å². The normalized spacial score (nSPS) is 11.8. The summed E-state index contributed by atoms with van der Waals surface area (Å²) < 4.78 is 1.87. The van der Waals surface area contributed by atoms with Crippen molar-refractivity contribution < 1.29 is 4.79 Å². The molecule has 0 saturated carbocycles. The fourth-order valence-corrected chi connectivity index (χ4v) is 1.46. The van der Waals surface area contributed by atoms with Gasteiger partial charge in [-0.2, -0.15) is 5.26 Å². The summed E-state index contributed by atoms with van der Waals surface area (Å²) in [7, 11) is 1.87. The Hall–Kier alpha value is -1.80. The van der Waals surface area contributed by atoms with Crippen LogP contribution in [-0.2, 0) is 11.3 Å². The number of nitrogens with zero attached hydrogens (tertiary/aromatic N) is 2. The van der Waals surface area contributed by atoms with Crippen molar-refractivity contribution in [2.45, 2.75) is 19.5 Å². The molecule has 0 saturated heterocycles. The largest absolute Gasteiger partial charge is 0.341 e. The second kappa shape index (κ2) is 5.93. The van der Waals surface area contributed by atoms with Crippen LogP contribution < -0.4 is 10.6 Å². The summed E-state index contributed by atoms with van der Waals surface area (Å²) in [5, 5.41) is 14.0. The molecule has 1 amide bonds. The van der Waals surface area contributed by atoms with Gasteiger partial charge in [-0.25, -0.2) is 0 Å². The molecule has 0 aromatic carbocycles. The fourth-order valence-electron chi connectivity index (χ4n) is 1.46. The summed E-state index contributed by atoms with van der Waals surface area (Å²) in [6, 6.07) is 5.94. The number of aromatic nitrogens is 1. The first-order valence-electron chi connectivity index (χ1n) is 5.15. The Labute approximate surface area is 95.1 Å². The van der Waals surface area contributed by atoms with Crippen molar-refractivity contribution in [2.75, 3.05) is 13.6 Å². The number of amides is 1. The average Bonchev–Trinajstić information content (AvgIpc) is 2.73. The number of carbonyl (C=O) groups is 1. The maximum absolute atomic E-state index is 11.4. The van der Waals surface area contributed by atoms with Crippen molar-refractivity contribution >= 4 is 5.91 Å². The van der Waals surface area contributed by atoms with E-state index in [0.717, 1.165) is 5.69 Å². The average molecular weight is 220 g/mol. The van der Waals surface area contributed by atoms with E-state index in [-0.39, 0.29) is 25.0 Å². The first-order chi connectivity index (χ1) is 7.69. The lowest BCUT2D eigenvalue weighted by molar-refractivity contribution is -0.121. The Morgan fingerprint density at radius 2 is 2.44 bits per heavy atom. The first kappa shape index (κ1) is 12.3. The SMILES string of the molecule is CNC(C)c1cccn1CC(=O)NCC#N. The lowest BCUT2D eigenvalue weighted by atomic mass is 10.2. The number of nitriles is 1. The molecular weight excluding hydrogens is 204 g/mol. The fraction of sp³-hybridized carbons (Fsp3) is 0.455. The molecule has 1 aromatic heterocycles. The van der Waals surface area contributed by atoms with Gasteiger partial charge < -0.3 is 15.2 Å². The van der Waals surface area contributed by atoms with E-state index >= 15 is 0 Å². The minimum Gasteiger partial charge on any atom is -0.341 e. The number of rotatable bonds is 5. The monoisotopic (exact) mass is 220 g/mol.